The second kappa shape index (κ2) is 5.89. The number of carbonyl (C=O) groups excluding carboxylic acids is 1. The zero-order chi connectivity index (χ0) is 13.8. The zero-order valence-corrected chi connectivity index (χ0v) is 12.3. The molecule has 2 aromatic carbocycles. The van der Waals surface area contributed by atoms with Gasteiger partial charge in [0.2, 0.25) is 0 Å². The molecule has 0 radical (unpaired) electrons. The summed E-state index contributed by atoms with van der Waals surface area (Å²) >= 11 is 3.36. The van der Waals surface area contributed by atoms with Gasteiger partial charge in [0.1, 0.15) is 5.75 Å². The largest absolute Gasteiger partial charge is 0.496 e. The fourth-order valence-electron chi connectivity index (χ4n) is 1.79. The van der Waals surface area contributed by atoms with Crippen LogP contribution >= 0.6 is 15.9 Å². The summed E-state index contributed by atoms with van der Waals surface area (Å²) in [5, 5.41) is 0. The second-order valence-electron chi connectivity index (χ2n) is 4.04. The summed E-state index contributed by atoms with van der Waals surface area (Å²) in [7, 11) is 3.31. The Kier molecular flexibility index (Phi) is 4.22. The molecule has 0 atom stereocenters. The number of anilines is 1. The van der Waals surface area contributed by atoms with Gasteiger partial charge in [-0.25, -0.2) is 0 Å². The van der Waals surface area contributed by atoms with Gasteiger partial charge in [-0.15, -0.1) is 0 Å². The van der Waals surface area contributed by atoms with Crippen LogP contribution in [0.5, 0.6) is 5.75 Å². The van der Waals surface area contributed by atoms with Gasteiger partial charge in [-0.1, -0.05) is 34.1 Å². The Hall–Kier alpha value is -1.81. The Bertz CT molecular complexity index is 584. The molecule has 0 heterocycles. The molecule has 0 aliphatic rings. The number of nitrogens with zero attached hydrogens (tertiary/aromatic N) is 1. The fourth-order valence-corrected chi connectivity index (χ4v) is 2.13. The first-order valence-corrected chi connectivity index (χ1v) is 6.59. The molecule has 0 unspecified atom stereocenters. The van der Waals surface area contributed by atoms with Crippen molar-refractivity contribution in [2.24, 2.45) is 0 Å². The lowest BCUT2D eigenvalue weighted by Crippen LogP contribution is -2.26. The molecule has 1 amide bonds. The first kappa shape index (κ1) is 13.6. The molecule has 0 N–H and O–H groups in total. The normalized spacial score (nSPS) is 10.1. The minimum atomic E-state index is -0.101. The van der Waals surface area contributed by atoms with E-state index in [9.17, 15) is 4.79 Å². The van der Waals surface area contributed by atoms with E-state index in [2.05, 4.69) is 15.9 Å². The van der Waals surface area contributed by atoms with Crippen molar-refractivity contribution in [3.8, 4) is 5.75 Å². The number of para-hydroxylation sites is 1. The number of carbonyl (C=O) groups is 1. The Morgan fingerprint density at radius 1 is 1.16 bits per heavy atom. The Morgan fingerprint density at radius 2 is 1.84 bits per heavy atom. The van der Waals surface area contributed by atoms with Gasteiger partial charge in [-0.05, 0) is 30.3 Å². The number of ether oxygens (including phenoxy) is 1. The van der Waals surface area contributed by atoms with Crippen LogP contribution in [-0.4, -0.2) is 20.1 Å². The highest BCUT2D eigenvalue weighted by molar-refractivity contribution is 9.10. The van der Waals surface area contributed by atoms with Crippen LogP contribution in [-0.2, 0) is 0 Å². The summed E-state index contributed by atoms with van der Waals surface area (Å²) in [5.74, 6) is 0.456. The van der Waals surface area contributed by atoms with Crippen LogP contribution in [0.4, 0.5) is 5.69 Å². The van der Waals surface area contributed by atoms with Crippen molar-refractivity contribution >= 4 is 27.5 Å². The van der Waals surface area contributed by atoms with Crippen LogP contribution in [0.15, 0.2) is 53.0 Å². The lowest BCUT2D eigenvalue weighted by molar-refractivity contribution is 0.0990. The van der Waals surface area contributed by atoms with Gasteiger partial charge in [-0.3, -0.25) is 4.79 Å². The van der Waals surface area contributed by atoms with E-state index < -0.39 is 0 Å². The Balaban J connectivity index is 2.34. The summed E-state index contributed by atoms with van der Waals surface area (Å²) in [5.41, 5.74) is 1.38. The first-order chi connectivity index (χ1) is 9.13. The van der Waals surface area contributed by atoms with Crippen molar-refractivity contribution in [2.45, 2.75) is 0 Å². The average molecular weight is 320 g/mol. The van der Waals surface area contributed by atoms with Gasteiger partial charge >= 0.3 is 0 Å². The van der Waals surface area contributed by atoms with Crippen LogP contribution in [0.2, 0.25) is 0 Å². The standard InChI is InChI=1S/C15H14BrNO2/c1-17(12-6-4-3-5-7-12)15(18)13-9-8-11(16)10-14(13)19-2/h3-10H,1-2H3. The maximum absolute atomic E-state index is 12.5. The number of benzene rings is 2. The van der Waals surface area contributed by atoms with Crippen molar-refractivity contribution in [1.29, 1.82) is 0 Å². The monoisotopic (exact) mass is 319 g/mol. The molecule has 3 nitrogen and oxygen atoms in total. The summed E-state index contributed by atoms with van der Waals surface area (Å²) in [6, 6.07) is 14.9. The molecule has 2 rings (SSSR count). The molecule has 0 spiro atoms. The van der Waals surface area contributed by atoms with E-state index in [1.165, 1.54) is 0 Å². The van der Waals surface area contributed by atoms with Crippen LogP contribution in [0.3, 0.4) is 0 Å². The van der Waals surface area contributed by atoms with Gasteiger partial charge in [0.25, 0.3) is 5.91 Å². The van der Waals surface area contributed by atoms with Crippen LogP contribution in [0.1, 0.15) is 10.4 Å². The van der Waals surface area contributed by atoms with Gasteiger partial charge in [-0.2, -0.15) is 0 Å². The molecular formula is C15H14BrNO2. The van der Waals surface area contributed by atoms with Crippen molar-refractivity contribution in [1.82, 2.24) is 0 Å². The van der Waals surface area contributed by atoms with Crippen molar-refractivity contribution in [2.75, 3.05) is 19.1 Å². The number of methoxy groups -OCH3 is 1. The quantitative estimate of drug-likeness (QED) is 0.862. The summed E-state index contributed by atoms with van der Waals surface area (Å²) in [6.07, 6.45) is 0. The van der Waals surface area contributed by atoms with Gasteiger partial charge in [0.05, 0.1) is 12.7 Å². The van der Waals surface area contributed by atoms with E-state index >= 15 is 0 Å². The van der Waals surface area contributed by atoms with Crippen molar-refractivity contribution < 1.29 is 9.53 Å². The lowest BCUT2D eigenvalue weighted by Gasteiger charge is -2.18. The van der Waals surface area contributed by atoms with Gasteiger partial charge < -0.3 is 9.64 Å². The minimum absolute atomic E-state index is 0.101. The summed E-state index contributed by atoms with van der Waals surface area (Å²) in [6.45, 7) is 0. The zero-order valence-electron chi connectivity index (χ0n) is 10.8. The van der Waals surface area contributed by atoms with Crippen LogP contribution < -0.4 is 9.64 Å². The average Bonchev–Trinajstić information content (AvgIpc) is 2.46. The van der Waals surface area contributed by atoms with E-state index in [-0.39, 0.29) is 5.91 Å². The van der Waals surface area contributed by atoms with Crippen molar-refractivity contribution in [3.63, 3.8) is 0 Å². The maximum atomic E-state index is 12.5. The molecule has 0 aromatic heterocycles. The summed E-state index contributed by atoms with van der Waals surface area (Å²) in [4.78, 5) is 14.1. The van der Waals surface area contributed by atoms with Crippen molar-refractivity contribution in [3.05, 3.63) is 58.6 Å². The molecule has 4 heteroatoms. The molecule has 0 bridgehead atoms. The first-order valence-electron chi connectivity index (χ1n) is 5.80. The van der Waals surface area contributed by atoms with E-state index in [0.717, 1.165) is 10.2 Å². The molecule has 0 aliphatic carbocycles. The molecule has 0 fully saturated rings. The number of hydrogen-bond acceptors (Lipinski definition) is 2. The molecular weight excluding hydrogens is 306 g/mol. The fraction of sp³-hybridized carbons (Fsp3) is 0.133. The number of hydrogen-bond donors (Lipinski definition) is 0. The highest BCUT2D eigenvalue weighted by atomic mass is 79.9. The lowest BCUT2D eigenvalue weighted by atomic mass is 10.1. The Morgan fingerprint density at radius 3 is 2.47 bits per heavy atom. The van der Waals surface area contributed by atoms with Gasteiger partial charge in [0.15, 0.2) is 0 Å². The summed E-state index contributed by atoms with van der Waals surface area (Å²) < 4.78 is 6.13. The topological polar surface area (TPSA) is 29.5 Å². The Labute approximate surface area is 120 Å². The number of halogens is 1. The van der Waals surface area contributed by atoms with Crippen LogP contribution in [0.25, 0.3) is 0 Å². The van der Waals surface area contributed by atoms with Crippen LogP contribution in [0, 0.1) is 0 Å². The van der Waals surface area contributed by atoms with E-state index in [1.54, 1.807) is 31.2 Å². The molecule has 98 valence electrons. The third-order valence-electron chi connectivity index (χ3n) is 2.84. The maximum Gasteiger partial charge on any atom is 0.261 e. The third-order valence-corrected chi connectivity index (χ3v) is 3.34. The molecule has 19 heavy (non-hydrogen) atoms. The SMILES string of the molecule is COc1cc(Br)ccc1C(=O)N(C)c1ccccc1. The van der Waals surface area contributed by atoms with E-state index in [1.807, 2.05) is 36.4 Å². The third kappa shape index (κ3) is 2.96. The number of amides is 1. The minimum Gasteiger partial charge on any atom is -0.496 e. The number of rotatable bonds is 3. The predicted octanol–water partition coefficient (Wildman–Crippen LogP) is 3.73. The molecule has 0 aliphatic heterocycles. The molecule has 2 aromatic rings. The second-order valence-corrected chi connectivity index (χ2v) is 4.96. The predicted molar refractivity (Wildman–Crippen MR) is 79.9 cm³/mol. The van der Waals surface area contributed by atoms with Gasteiger partial charge in [0, 0.05) is 17.2 Å². The molecule has 0 saturated heterocycles. The van der Waals surface area contributed by atoms with E-state index in [4.69, 9.17) is 4.74 Å². The van der Waals surface area contributed by atoms with E-state index in [0.29, 0.717) is 11.3 Å². The highest BCUT2D eigenvalue weighted by Crippen LogP contribution is 2.26. The molecule has 0 saturated carbocycles. The highest BCUT2D eigenvalue weighted by Gasteiger charge is 2.17. The smallest absolute Gasteiger partial charge is 0.261 e.